The highest BCUT2D eigenvalue weighted by atomic mass is 16.5. The first-order valence-electron chi connectivity index (χ1n) is 9.67. The van der Waals surface area contributed by atoms with E-state index in [-0.39, 0.29) is 5.91 Å². The van der Waals surface area contributed by atoms with Crippen LogP contribution < -0.4 is 10.1 Å². The lowest BCUT2D eigenvalue weighted by Gasteiger charge is -2.26. The molecular weight excluding hydrogens is 336 g/mol. The summed E-state index contributed by atoms with van der Waals surface area (Å²) < 4.78 is 5.44. The van der Waals surface area contributed by atoms with Crippen molar-refractivity contribution in [3.05, 3.63) is 77.9 Å². The first-order chi connectivity index (χ1) is 13.2. The van der Waals surface area contributed by atoms with Crippen LogP contribution in [0.1, 0.15) is 40.7 Å². The molecule has 1 fully saturated rings. The van der Waals surface area contributed by atoms with Gasteiger partial charge in [-0.1, -0.05) is 43.3 Å². The number of nitrogens with zero attached hydrogens (tertiary/aromatic N) is 1. The van der Waals surface area contributed by atoms with Crippen LogP contribution >= 0.6 is 0 Å². The van der Waals surface area contributed by atoms with E-state index in [9.17, 15) is 4.79 Å². The number of rotatable bonds is 8. The van der Waals surface area contributed by atoms with Crippen LogP contribution in [-0.4, -0.2) is 30.5 Å². The van der Waals surface area contributed by atoms with Crippen molar-refractivity contribution in [1.82, 2.24) is 10.2 Å². The third-order valence-electron chi connectivity index (χ3n) is 4.78. The highest BCUT2D eigenvalue weighted by molar-refractivity contribution is 5.94. The molecule has 0 aliphatic carbocycles. The molecule has 1 aliphatic heterocycles. The SMILES string of the molecule is C=CCOc1ccc(C(=O)NCc2cccc(CN3CCCCC3)c2)cc1. The summed E-state index contributed by atoms with van der Waals surface area (Å²) in [6.45, 7) is 7.98. The predicted octanol–water partition coefficient (Wildman–Crippen LogP) is 4.17. The molecule has 0 unspecified atom stereocenters. The molecule has 1 N–H and O–H groups in total. The first kappa shape index (κ1) is 19.2. The zero-order valence-electron chi connectivity index (χ0n) is 15.8. The van der Waals surface area contributed by atoms with Gasteiger partial charge in [0.15, 0.2) is 0 Å². The molecule has 3 rings (SSSR count). The molecule has 1 saturated heterocycles. The third-order valence-corrected chi connectivity index (χ3v) is 4.78. The van der Waals surface area contributed by atoms with Crippen LogP contribution in [0, 0.1) is 0 Å². The van der Waals surface area contributed by atoms with E-state index < -0.39 is 0 Å². The van der Waals surface area contributed by atoms with E-state index in [1.807, 2.05) is 0 Å². The van der Waals surface area contributed by atoms with E-state index >= 15 is 0 Å². The molecule has 0 radical (unpaired) electrons. The van der Waals surface area contributed by atoms with Crippen molar-refractivity contribution in [2.24, 2.45) is 0 Å². The van der Waals surface area contributed by atoms with Crippen LogP contribution in [-0.2, 0) is 13.1 Å². The van der Waals surface area contributed by atoms with Gasteiger partial charge >= 0.3 is 0 Å². The number of amides is 1. The molecule has 1 aliphatic rings. The minimum absolute atomic E-state index is 0.0771. The molecule has 0 bridgehead atoms. The smallest absolute Gasteiger partial charge is 0.251 e. The number of nitrogens with one attached hydrogen (secondary N) is 1. The molecule has 0 atom stereocenters. The van der Waals surface area contributed by atoms with Crippen LogP contribution in [0.2, 0.25) is 0 Å². The maximum Gasteiger partial charge on any atom is 0.251 e. The van der Waals surface area contributed by atoms with Crippen molar-refractivity contribution < 1.29 is 9.53 Å². The minimum Gasteiger partial charge on any atom is -0.490 e. The monoisotopic (exact) mass is 364 g/mol. The lowest BCUT2D eigenvalue weighted by atomic mass is 10.1. The van der Waals surface area contributed by atoms with E-state index in [0.717, 1.165) is 17.9 Å². The second-order valence-corrected chi connectivity index (χ2v) is 6.96. The number of ether oxygens (including phenoxy) is 1. The number of carbonyl (C=O) groups is 1. The van der Waals surface area contributed by atoms with Crippen molar-refractivity contribution in [3.63, 3.8) is 0 Å². The summed E-state index contributed by atoms with van der Waals surface area (Å²) >= 11 is 0. The van der Waals surface area contributed by atoms with Gasteiger partial charge in [0.2, 0.25) is 0 Å². The van der Waals surface area contributed by atoms with Crippen molar-refractivity contribution in [2.45, 2.75) is 32.4 Å². The molecule has 1 heterocycles. The third kappa shape index (κ3) is 5.97. The van der Waals surface area contributed by atoms with Crippen LogP contribution in [0.5, 0.6) is 5.75 Å². The van der Waals surface area contributed by atoms with Crippen LogP contribution in [0.15, 0.2) is 61.2 Å². The Morgan fingerprint density at radius 3 is 2.56 bits per heavy atom. The first-order valence-corrected chi connectivity index (χ1v) is 9.67. The molecule has 0 aromatic heterocycles. The fraction of sp³-hybridized carbons (Fsp3) is 0.348. The molecule has 142 valence electrons. The Bertz CT molecular complexity index is 749. The van der Waals surface area contributed by atoms with Crippen LogP contribution in [0.3, 0.4) is 0 Å². The van der Waals surface area contributed by atoms with E-state index in [1.54, 1.807) is 30.3 Å². The van der Waals surface area contributed by atoms with Gasteiger partial charge in [0.1, 0.15) is 12.4 Å². The number of carbonyl (C=O) groups excluding carboxylic acids is 1. The quantitative estimate of drug-likeness (QED) is 0.715. The van der Waals surface area contributed by atoms with E-state index in [0.29, 0.717) is 18.7 Å². The topological polar surface area (TPSA) is 41.6 Å². The summed E-state index contributed by atoms with van der Waals surface area (Å²) in [7, 11) is 0. The summed E-state index contributed by atoms with van der Waals surface area (Å²) in [5, 5.41) is 3.00. The minimum atomic E-state index is -0.0771. The van der Waals surface area contributed by atoms with Gasteiger partial charge in [0, 0.05) is 18.7 Å². The summed E-state index contributed by atoms with van der Waals surface area (Å²) in [6, 6.07) is 15.7. The zero-order valence-corrected chi connectivity index (χ0v) is 15.8. The van der Waals surface area contributed by atoms with E-state index in [1.165, 1.54) is 37.9 Å². The summed E-state index contributed by atoms with van der Waals surface area (Å²) in [6.07, 6.45) is 5.64. The second-order valence-electron chi connectivity index (χ2n) is 6.96. The highest BCUT2D eigenvalue weighted by Gasteiger charge is 2.11. The van der Waals surface area contributed by atoms with Gasteiger partial charge < -0.3 is 10.1 Å². The van der Waals surface area contributed by atoms with Crippen molar-refractivity contribution >= 4 is 5.91 Å². The standard InChI is InChI=1S/C23H28N2O2/c1-2-15-27-22-11-9-21(10-12-22)23(26)24-17-19-7-6-8-20(16-19)18-25-13-4-3-5-14-25/h2,6-12,16H,1,3-5,13-15,17-18H2,(H,24,26). The molecule has 0 saturated carbocycles. The van der Waals surface area contributed by atoms with Gasteiger partial charge in [-0.3, -0.25) is 9.69 Å². The van der Waals surface area contributed by atoms with Gasteiger partial charge in [-0.25, -0.2) is 0 Å². The van der Waals surface area contributed by atoms with Crippen molar-refractivity contribution in [2.75, 3.05) is 19.7 Å². The number of hydrogen-bond acceptors (Lipinski definition) is 3. The lowest BCUT2D eigenvalue weighted by Crippen LogP contribution is -2.29. The van der Waals surface area contributed by atoms with Crippen LogP contribution in [0.25, 0.3) is 0 Å². The Kier molecular flexibility index (Phi) is 7.05. The average Bonchev–Trinajstić information content (AvgIpc) is 2.72. The predicted molar refractivity (Wildman–Crippen MR) is 109 cm³/mol. The summed E-state index contributed by atoms with van der Waals surface area (Å²) in [5.74, 6) is 0.656. The van der Waals surface area contributed by atoms with Gasteiger partial charge in [-0.15, -0.1) is 0 Å². The number of piperidine rings is 1. The van der Waals surface area contributed by atoms with E-state index in [4.69, 9.17) is 4.74 Å². The van der Waals surface area contributed by atoms with Crippen LogP contribution in [0.4, 0.5) is 0 Å². The Morgan fingerprint density at radius 1 is 1.07 bits per heavy atom. The summed E-state index contributed by atoms with van der Waals surface area (Å²) in [4.78, 5) is 14.9. The van der Waals surface area contributed by atoms with Crippen molar-refractivity contribution in [1.29, 1.82) is 0 Å². The maximum absolute atomic E-state index is 12.4. The van der Waals surface area contributed by atoms with Gasteiger partial charge in [0.25, 0.3) is 5.91 Å². The lowest BCUT2D eigenvalue weighted by molar-refractivity contribution is 0.0951. The van der Waals surface area contributed by atoms with Crippen molar-refractivity contribution in [3.8, 4) is 5.75 Å². The molecule has 2 aromatic rings. The fourth-order valence-corrected chi connectivity index (χ4v) is 3.36. The number of hydrogen-bond donors (Lipinski definition) is 1. The second kappa shape index (κ2) is 9.93. The summed E-state index contributed by atoms with van der Waals surface area (Å²) in [5.41, 5.74) is 3.07. The van der Waals surface area contributed by atoms with Gasteiger partial charge in [-0.2, -0.15) is 0 Å². The number of likely N-dealkylation sites (tertiary alicyclic amines) is 1. The molecule has 4 heteroatoms. The van der Waals surface area contributed by atoms with Gasteiger partial charge in [-0.05, 0) is 61.3 Å². The average molecular weight is 364 g/mol. The molecule has 1 amide bonds. The molecule has 4 nitrogen and oxygen atoms in total. The van der Waals surface area contributed by atoms with Gasteiger partial charge in [0.05, 0.1) is 0 Å². The number of benzene rings is 2. The molecule has 2 aromatic carbocycles. The Hall–Kier alpha value is -2.59. The highest BCUT2D eigenvalue weighted by Crippen LogP contribution is 2.15. The Labute approximate surface area is 161 Å². The van der Waals surface area contributed by atoms with E-state index in [2.05, 4.69) is 41.1 Å². The molecule has 27 heavy (non-hydrogen) atoms. The Balaban J connectivity index is 1.52. The largest absolute Gasteiger partial charge is 0.490 e. The normalized spacial score (nSPS) is 14.5. The maximum atomic E-state index is 12.4. The fourth-order valence-electron chi connectivity index (χ4n) is 3.36. The zero-order chi connectivity index (χ0) is 18.9. The molecule has 0 spiro atoms. The molecular formula is C23H28N2O2. The Morgan fingerprint density at radius 2 is 1.81 bits per heavy atom.